The fourth-order valence-electron chi connectivity index (χ4n) is 15.0. The molecular formula is C95H100F4N20O19S4Si. The molecule has 39 nitrogen and oxygen atoms in total. The second kappa shape index (κ2) is 47.4. The lowest BCUT2D eigenvalue weighted by atomic mass is 10.1. The number of hydrogen-bond donors (Lipinski definition) is 5. The first kappa shape index (κ1) is 105. The summed E-state index contributed by atoms with van der Waals surface area (Å²) in [5.41, 5.74) is 27.1. The summed E-state index contributed by atoms with van der Waals surface area (Å²) in [6.07, 6.45) is -7.37. The molecule has 4 fully saturated rings. The van der Waals surface area contributed by atoms with Crippen LogP contribution in [0.3, 0.4) is 0 Å². The van der Waals surface area contributed by atoms with Gasteiger partial charge in [0.05, 0.1) is 61.0 Å². The Hall–Kier alpha value is -13.9. The van der Waals surface area contributed by atoms with Crippen LogP contribution in [-0.4, -0.2) is 254 Å². The molecule has 12 heterocycles. The first-order valence-corrected chi connectivity index (χ1v) is 52.1. The van der Waals surface area contributed by atoms with E-state index >= 15 is 13.2 Å². The van der Waals surface area contributed by atoms with Crippen molar-refractivity contribution in [3.8, 4) is 0 Å². The number of aromatic nitrogens is 16. The Morgan fingerprint density at radius 3 is 0.979 bits per heavy atom. The molecule has 6 aromatic carbocycles. The van der Waals surface area contributed by atoms with Crippen LogP contribution in [0, 0.1) is 0 Å². The number of nitrogens with two attached hydrogens (primary N) is 4. The van der Waals surface area contributed by atoms with Crippen LogP contribution >= 0.6 is 47.0 Å². The third-order valence-corrected chi connectivity index (χ3v) is 30.4. The Morgan fingerprint density at radius 2 is 0.671 bits per heavy atom. The Balaban J connectivity index is 0.000000146. The Morgan fingerprint density at radius 1 is 0.385 bits per heavy atom. The number of rotatable bonds is 26. The van der Waals surface area contributed by atoms with E-state index in [1.54, 1.807) is 182 Å². The smallest absolute Gasteiger partial charge is 0.338 e. The van der Waals surface area contributed by atoms with Gasteiger partial charge in [0.15, 0.2) is 86.4 Å². The van der Waals surface area contributed by atoms with E-state index in [0.717, 1.165) is 17.3 Å². The van der Waals surface area contributed by atoms with Crippen LogP contribution in [0.2, 0.25) is 18.1 Å². The summed E-state index contributed by atoms with van der Waals surface area (Å²) >= 11 is 5.52. The van der Waals surface area contributed by atoms with Gasteiger partial charge < -0.3 is 79.5 Å². The number of fused-ring (bicyclic) bond motifs is 4. The molecule has 0 bridgehead atoms. The van der Waals surface area contributed by atoms with Gasteiger partial charge in [0.2, 0.25) is 12.5 Å². The summed E-state index contributed by atoms with van der Waals surface area (Å²) in [6.45, 7) is 12.7. The van der Waals surface area contributed by atoms with E-state index < -0.39 is 149 Å². The topological polar surface area (TPSA) is 520 Å². The number of benzene rings is 6. The number of H-pyrrole nitrogens is 1. The maximum absolute atomic E-state index is 16.0. The van der Waals surface area contributed by atoms with Crippen molar-refractivity contribution in [1.29, 1.82) is 0 Å². The summed E-state index contributed by atoms with van der Waals surface area (Å²) in [7, 11) is -2.16. The van der Waals surface area contributed by atoms with Crippen molar-refractivity contribution in [3.05, 3.63) is 241 Å². The summed E-state index contributed by atoms with van der Waals surface area (Å²) < 4.78 is 133. The second-order valence-corrected chi connectivity index (χ2v) is 41.4. The molecule has 4 saturated heterocycles. The predicted octanol–water partition coefficient (Wildman–Crippen LogP) is 14.4. The molecule has 4 aliphatic heterocycles. The van der Waals surface area contributed by atoms with Gasteiger partial charge >= 0.3 is 41.8 Å². The minimum atomic E-state index is -2.16. The zero-order valence-electron chi connectivity index (χ0n) is 78.6. The number of carbonyl (C=O) groups is 7. The molecule has 48 heteroatoms. The number of halogens is 4. The van der Waals surface area contributed by atoms with Crippen molar-refractivity contribution in [2.24, 2.45) is 0 Å². The molecule has 16 atom stereocenters. The minimum Gasteiger partial charge on any atom is -0.459 e. The van der Waals surface area contributed by atoms with E-state index in [4.69, 9.17) is 79.5 Å². The van der Waals surface area contributed by atoms with Crippen molar-refractivity contribution in [1.82, 2.24) is 79.4 Å². The molecule has 14 aromatic rings. The van der Waals surface area contributed by atoms with E-state index in [-0.39, 0.29) is 64.0 Å². The van der Waals surface area contributed by atoms with Crippen LogP contribution in [0.4, 0.5) is 40.8 Å². The summed E-state index contributed by atoms with van der Waals surface area (Å²) in [4.78, 5) is 119. The number of carbonyl (C=O) groups excluding carboxylic acids is 7. The number of ether oxygens (including phenoxy) is 11. The molecule has 0 saturated carbocycles. The van der Waals surface area contributed by atoms with Gasteiger partial charge in [0.25, 0.3) is 0 Å². The van der Waals surface area contributed by atoms with E-state index in [1.807, 2.05) is 19.4 Å². The minimum absolute atomic E-state index is 0.0187. The van der Waals surface area contributed by atoms with Crippen LogP contribution in [0.15, 0.2) is 227 Å². The maximum Gasteiger partial charge on any atom is 0.338 e. The average molecular weight is 2060 g/mol. The van der Waals surface area contributed by atoms with Gasteiger partial charge in [0, 0.05) is 6.92 Å². The van der Waals surface area contributed by atoms with Crippen molar-refractivity contribution in [2.75, 3.05) is 67.8 Å². The predicted molar refractivity (Wildman–Crippen MR) is 524 cm³/mol. The quantitative estimate of drug-likeness (QED) is 0.0110. The Bertz CT molecular complexity index is 6560. The molecule has 8 aromatic heterocycles. The number of nitrogens with zero attached hydrogens (tertiary/aromatic N) is 15. The molecule has 18 rings (SSSR count). The summed E-state index contributed by atoms with van der Waals surface area (Å²) in [5.74, 6) is -3.71. The lowest BCUT2D eigenvalue weighted by Crippen LogP contribution is -2.48. The summed E-state index contributed by atoms with van der Waals surface area (Å²) in [6, 6.07) is 49.3. The fourth-order valence-corrected chi connectivity index (χ4v) is 18.6. The molecule has 0 spiro atoms. The molecule has 0 radical (unpaired) electrons. The Labute approximate surface area is 832 Å². The molecule has 4 aliphatic rings. The van der Waals surface area contributed by atoms with E-state index in [2.05, 4.69) is 99.2 Å². The van der Waals surface area contributed by atoms with Crippen LogP contribution < -0.4 is 22.9 Å². The molecule has 750 valence electrons. The highest BCUT2D eigenvalue weighted by atomic mass is 32.2. The Kier molecular flexibility index (Phi) is 34.8. The van der Waals surface area contributed by atoms with Gasteiger partial charge in [-0.3, -0.25) is 9.89 Å². The number of aromatic amines is 1. The molecule has 0 amide bonds. The van der Waals surface area contributed by atoms with Gasteiger partial charge in [-0.2, -0.15) is 20.4 Å². The van der Waals surface area contributed by atoms with Crippen molar-refractivity contribution in [3.63, 3.8) is 0 Å². The summed E-state index contributed by atoms with van der Waals surface area (Å²) in [5, 5.41) is 25.0. The third kappa shape index (κ3) is 24.2. The molecule has 0 aliphatic carbocycles. The molecule has 143 heavy (non-hydrogen) atoms. The number of nitrogens with one attached hydrogen (secondary N) is 1. The number of esters is 7. The zero-order valence-corrected chi connectivity index (χ0v) is 82.9. The van der Waals surface area contributed by atoms with Gasteiger partial charge in [-0.25, -0.2) is 100 Å². The SMILES string of the molecule is CC(=O)OC1O[C@@H](COC(=O)c2ccccc2)[C@@H](OC(=O)c2ccccc2)[C@@H]1F.CC[C@@H]1O[C@@H](n2nc(SC)c3c(N)ncnc32)[C@@H](F)[C@@H]1O[Si](C)(C)C(C)(C)C.CSc1n[nH]c2ncnc(N)c12.CSc1nn([C@@H]2O[C@@H](COC(=O)c3ccccc3)[C@@H](OC(=O)c3ccccc3)[C@@H]2F)c2ncnc(N)c12.CSc1nn([C@H]2O[C@@H](COC(=O)c3ccccc3)[C@@H](OC(=O)c3ccccc3)[C@@H]2F)c2ncnc(N)c12. The maximum atomic E-state index is 16.0. The van der Waals surface area contributed by atoms with E-state index in [9.17, 15) is 38.0 Å². The largest absolute Gasteiger partial charge is 0.459 e. The average Bonchev–Trinajstić information content (AvgIpc) is 1.60. The number of nitrogen functional groups attached to an aromatic ring is 4. The van der Waals surface area contributed by atoms with Crippen molar-refractivity contribution in [2.45, 2.75) is 178 Å². The lowest BCUT2D eigenvalue weighted by molar-refractivity contribution is -0.182. The molecule has 9 N–H and O–H groups in total. The van der Waals surface area contributed by atoms with Crippen molar-refractivity contribution >= 4 is 165 Å². The number of alkyl halides is 4. The van der Waals surface area contributed by atoms with E-state index in [0.29, 0.717) is 77.3 Å². The lowest BCUT2D eigenvalue weighted by Gasteiger charge is -2.39. The van der Waals surface area contributed by atoms with Gasteiger partial charge in [-0.05, 0) is 122 Å². The first-order valence-electron chi connectivity index (χ1n) is 44.3. The van der Waals surface area contributed by atoms with Crippen LogP contribution in [0.1, 0.15) is 122 Å². The highest BCUT2D eigenvalue weighted by Crippen LogP contribution is 2.46. The van der Waals surface area contributed by atoms with Crippen LogP contribution in [0.5, 0.6) is 0 Å². The van der Waals surface area contributed by atoms with Crippen LogP contribution in [-0.2, 0) is 61.3 Å². The monoisotopic (exact) mass is 2060 g/mol. The zero-order chi connectivity index (χ0) is 102. The second-order valence-electron chi connectivity index (χ2n) is 33.4. The van der Waals surface area contributed by atoms with Gasteiger partial charge in [0.1, 0.15) is 113 Å². The van der Waals surface area contributed by atoms with Gasteiger partial charge in [-0.15, -0.1) is 47.0 Å². The standard InChI is InChI=1S/2C25H22FN5O5S.C21H19FO7.C18H30FN5O2SSi.C6H7N5S/c2*1-37-22-17-20(27)28-13-29-21(17)31(30-22)23-18(26)19(36-25(33)15-10-6-3-7-11-15)16(35-23)12-34-24(32)14-8-4-2-5-9-14;1-13(23)27-21-17(22)18(29-20(25)15-10-6-3-7-11-15)16(28-21)12-26-19(24)14-8-4-2-5-9-14;1-8-10-13(26-28(6,7)18(2,3)4)12(19)17(25-10)24-15-11(16(23-24)27-5)14(20)21-9-22-15;1-12-6-3-4(7)8-2-9-5(3)10-11-6/h2*2-11,13,16,18-19,23H,12H2,1H3,(H2,27,28,29);2-11,16-18,21H,12H2,1H3;9-10,12-13,17H,8H2,1-7H3,(H2,20,21,22);2H,1H3,(H3,7,8,9,10,11)/t16-,18-,19+,23+;16-,18-,19+,23-;16-,17-,18+,21?;10-,12-,13+,17+;/m0000./s1. The van der Waals surface area contributed by atoms with E-state index in [1.165, 1.54) is 98.5 Å². The highest BCUT2D eigenvalue weighted by Gasteiger charge is 2.55. The van der Waals surface area contributed by atoms with Gasteiger partial charge in [-0.1, -0.05) is 137 Å². The number of thioether (sulfide) groups is 4. The van der Waals surface area contributed by atoms with Crippen molar-refractivity contribution < 1.29 is 108 Å². The van der Waals surface area contributed by atoms with Crippen LogP contribution in [0.25, 0.3) is 44.1 Å². The number of anilines is 4. The molecule has 1 unspecified atom stereocenters. The fraction of sp³-hybridized carbons (Fsp3) is 0.337. The highest BCUT2D eigenvalue weighted by molar-refractivity contribution is 7.99. The number of hydrogen-bond acceptors (Lipinski definition) is 39. The third-order valence-electron chi connectivity index (χ3n) is 23.2. The molecular weight excluding hydrogens is 1960 g/mol. The normalized spacial score (nSPS) is 21.7. The first-order chi connectivity index (χ1) is 68.7.